The summed E-state index contributed by atoms with van der Waals surface area (Å²) in [5, 5.41) is 10.5. The summed E-state index contributed by atoms with van der Waals surface area (Å²) in [4.78, 5) is 3.23. The van der Waals surface area contributed by atoms with Gasteiger partial charge in [-0.05, 0) is 35.0 Å². The molecular formula is C21H12F3N3. The van der Waals surface area contributed by atoms with Crippen LogP contribution in [0.5, 0.6) is 0 Å². The van der Waals surface area contributed by atoms with Crippen LogP contribution < -0.4 is 0 Å². The molecule has 27 heavy (non-hydrogen) atoms. The van der Waals surface area contributed by atoms with Gasteiger partial charge in [-0.2, -0.15) is 13.2 Å². The minimum atomic E-state index is -4.58. The van der Waals surface area contributed by atoms with Gasteiger partial charge in [0.05, 0.1) is 5.69 Å². The molecule has 1 N–H and O–H groups in total. The van der Waals surface area contributed by atoms with E-state index in [2.05, 4.69) is 15.2 Å². The van der Waals surface area contributed by atoms with Gasteiger partial charge in [0, 0.05) is 21.7 Å². The first-order chi connectivity index (χ1) is 13.0. The van der Waals surface area contributed by atoms with E-state index in [9.17, 15) is 13.2 Å². The number of aromatic amines is 1. The van der Waals surface area contributed by atoms with E-state index in [4.69, 9.17) is 0 Å². The van der Waals surface area contributed by atoms with Crippen LogP contribution in [-0.2, 0) is 6.18 Å². The van der Waals surface area contributed by atoms with Gasteiger partial charge in [0.1, 0.15) is 5.69 Å². The van der Waals surface area contributed by atoms with Crippen molar-refractivity contribution in [3.05, 3.63) is 72.4 Å². The van der Waals surface area contributed by atoms with E-state index < -0.39 is 11.9 Å². The Balaban J connectivity index is 1.88. The maximum Gasteiger partial charge on any atom is 0.435 e. The number of nitrogens with one attached hydrogen (secondary N) is 1. The number of fused-ring (bicyclic) bond motifs is 3. The Bertz CT molecular complexity index is 1290. The van der Waals surface area contributed by atoms with Crippen molar-refractivity contribution in [2.45, 2.75) is 6.18 Å². The van der Waals surface area contributed by atoms with E-state index >= 15 is 0 Å². The van der Waals surface area contributed by atoms with Crippen LogP contribution in [0.3, 0.4) is 0 Å². The summed E-state index contributed by atoms with van der Waals surface area (Å²) in [5.74, 6) is 0. The van der Waals surface area contributed by atoms with Gasteiger partial charge < -0.3 is 4.98 Å². The van der Waals surface area contributed by atoms with Crippen molar-refractivity contribution in [1.82, 2.24) is 15.2 Å². The molecule has 2 aromatic heterocycles. The molecule has 0 saturated carbocycles. The highest BCUT2D eigenvalue weighted by atomic mass is 19.4. The molecule has 3 aromatic carbocycles. The molecule has 0 saturated heterocycles. The predicted molar refractivity (Wildman–Crippen MR) is 99.3 cm³/mol. The molecule has 132 valence electrons. The van der Waals surface area contributed by atoms with Crippen molar-refractivity contribution in [1.29, 1.82) is 0 Å². The fraction of sp³-hybridized carbons (Fsp3) is 0.0476. The SMILES string of the molecule is FC(F)(F)c1nnc(-c2cc3ccccc3[nH]2)c2cc3ccccc3cc12. The Hall–Kier alpha value is -3.41. The fourth-order valence-corrected chi connectivity index (χ4v) is 3.45. The zero-order valence-corrected chi connectivity index (χ0v) is 13.9. The van der Waals surface area contributed by atoms with E-state index in [1.165, 1.54) is 6.07 Å². The van der Waals surface area contributed by atoms with Gasteiger partial charge in [0.25, 0.3) is 0 Å². The summed E-state index contributed by atoms with van der Waals surface area (Å²) in [5.41, 5.74) is 0.962. The molecule has 2 heterocycles. The monoisotopic (exact) mass is 363 g/mol. The molecule has 0 amide bonds. The first-order valence-corrected chi connectivity index (χ1v) is 8.35. The lowest BCUT2D eigenvalue weighted by atomic mass is 10.0. The zero-order valence-electron chi connectivity index (χ0n) is 13.9. The molecule has 0 aliphatic rings. The van der Waals surface area contributed by atoms with Crippen molar-refractivity contribution in [2.75, 3.05) is 0 Å². The Kier molecular flexibility index (Phi) is 3.25. The van der Waals surface area contributed by atoms with Gasteiger partial charge in [-0.25, -0.2) is 0 Å². The van der Waals surface area contributed by atoms with Gasteiger partial charge in [-0.1, -0.05) is 42.5 Å². The second kappa shape index (κ2) is 5.54. The second-order valence-electron chi connectivity index (χ2n) is 6.41. The lowest BCUT2D eigenvalue weighted by Crippen LogP contribution is -2.11. The molecule has 0 radical (unpaired) electrons. The van der Waals surface area contributed by atoms with Crippen molar-refractivity contribution >= 4 is 32.4 Å². The normalized spacial score (nSPS) is 12.3. The topological polar surface area (TPSA) is 41.6 Å². The van der Waals surface area contributed by atoms with Gasteiger partial charge >= 0.3 is 6.18 Å². The summed E-state index contributed by atoms with van der Waals surface area (Å²) in [6.45, 7) is 0. The molecule has 0 unspecified atom stereocenters. The van der Waals surface area contributed by atoms with E-state index in [0.29, 0.717) is 16.8 Å². The van der Waals surface area contributed by atoms with Crippen LogP contribution >= 0.6 is 0 Å². The molecule has 3 nitrogen and oxygen atoms in total. The predicted octanol–water partition coefficient (Wildman–Crippen LogP) is 5.95. The van der Waals surface area contributed by atoms with Crippen molar-refractivity contribution in [2.24, 2.45) is 0 Å². The zero-order chi connectivity index (χ0) is 18.6. The molecule has 5 aromatic rings. The molecule has 5 rings (SSSR count). The van der Waals surface area contributed by atoms with Crippen LogP contribution in [-0.4, -0.2) is 15.2 Å². The molecule has 6 heteroatoms. The number of hydrogen-bond donors (Lipinski definition) is 1. The average Bonchev–Trinajstić information content (AvgIpc) is 3.08. The van der Waals surface area contributed by atoms with Crippen molar-refractivity contribution < 1.29 is 13.2 Å². The summed E-state index contributed by atoms with van der Waals surface area (Å²) >= 11 is 0. The Morgan fingerprint density at radius 3 is 2.00 bits per heavy atom. The first kappa shape index (κ1) is 15.8. The highest BCUT2D eigenvalue weighted by molar-refractivity contribution is 6.05. The summed E-state index contributed by atoms with van der Waals surface area (Å²) < 4.78 is 40.5. The molecular weight excluding hydrogens is 351 g/mol. The quantitative estimate of drug-likeness (QED) is 0.374. The number of rotatable bonds is 1. The van der Waals surface area contributed by atoms with Gasteiger partial charge in [-0.15, -0.1) is 10.2 Å². The van der Waals surface area contributed by atoms with Crippen LogP contribution in [0.2, 0.25) is 0 Å². The average molecular weight is 363 g/mol. The van der Waals surface area contributed by atoms with Gasteiger partial charge in [0.2, 0.25) is 0 Å². The van der Waals surface area contributed by atoms with Gasteiger partial charge in [0.15, 0.2) is 5.69 Å². The van der Waals surface area contributed by atoms with Gasteiger partial charge in [-0.3, -0.25) is 0 Å². The number of hydrogen-bond acceptors (Lipinski definition) is 2. The summed E-state index contributed by atoms with van der Waals surface area (Å²) in [6, 6.07) is 20.1. The Morgan fingerprint density at radius 2 is 1.33 bits per heavy atom. The lowest BCUT2D eigenvalue weighted by Gasteiger charge is -2.12. The van der Waals surface area contributed by atoms with E-state index in [1.54, 1.807) is 18.2 Å². The largest absolute Gasteiger partial charge is 0.435 e. The Morgan fingerprint density at radius 1 is 0.704 bits per heavy atom. The number of halogens is 3. The number of para-hydroxylation sites is 1. The minimum Gasteiger partial charge on any atom is -0.353 e. The highest BCUT2D eigenvalue weighted by Crippen LogP contribution is 2.38. The molecule has 0 bridgehead atoms. The maximum atomic E-state index is 13.5. The van der Waals surface area contributed by atoms with Crippen LogP contribution in [0.1, 0.15) is 5.69 Å². The van der Waals surface area contributed by atoms with E-state index in [-0.39, 0.29) is 5.39 Å². The van der Waals surface area contributed by atoms with Crippen LogP contribution in [0, 0.1) is 0 Å². The minimum absolute atomic E-state index is 0.0462. The number of nitrogens with zero attached hydrogens (tertiary/aromatic N) is 2. The first-order valence-electron chi connectivity index (χ1n) is 8.35. The third-order valence-electron chi connectivity index (χ3n) is 4.70. The smallest absolute Gasteiger partial charge is 0.353 e. The fourth-order valence-electron chi connectivity index (χ4n) is 3.45. The molecule has 0 aliphatic carbocycles. The molecule has 0 spiro atoms. The van der Waals surface area contributed by atoms with Crippen LogP contribution in [0.4, 0.5) is 13.2 Å². The third kappa shape index (κ3) is 2.52. The molecule has 0 fully saturated rings. The summed E-state index contributed by atoms with van der Waals surface area (Å²) in [6.07, 6.45) is -4.58. The third-order valence-corrected chi connectivity index (χ3v) is 4.70. The number of alkyl halides is 3. The van der Waals surface area contributed by atoms with E-state index in [0.717, 1.165) is 21.7 Å². The molecule has 0 atom stereocenters. The summed E-state index contributed by atoms with van der Waals surface area (Å²) in [7, 11) is 0. The van der Waals surface area contributed by atoms with Crippen molar-refractivity contribution in [3.63, 3.8) is 0 Å². The van der Waals surface area contributed by atoms with Crippen LogP contribution in [0.15, 0.2) is 66.7 Å². The van der Waals surface area contributed by atoms with E-state index in [1.807, 2.05) is 42.5 Å². The number of H-pyrrole nitrogens is 1. The second-order valence-corrected chi connectivity index (χ2v) is 6.41. The lowest BCUT2D eigenvalue weighted by molar-refractivity contribution is -0.140. The maximum absolute atomic E-state index is 13.5. The van der Waals surface area contributed by atoms with Crippen molar-refractivity contribution in [3.8, 4) is 11.4 Å². The molecule has 0 aliphatic heterocycles. The standard InChI is InChI=1S/C21H12F3N3/c22-21(23,24)20-16-10-13-6-2-1-5-12(13)9-15(16)19(26-27-20)18-11-14-7-3-4-8-17(14)25-18/h1-11,25H. The number of benzene rings is 3. The van der Waals surface area contributed by atoms with Crippen LogP contribution in [0.25, 0.3) is 43.8 Å². The Labute approximate surface area is 151 Å². The number of aromatic nitrogens is 3. The highest BCUT2D eigenvalue weighted by Gasteiger charge is 2.36.